The number of aromatic nitrogens is 3. The first-order chi connectivity index (χ1) is 15.0. The number of rotatable bonds is 6. The maximum Gasteiger partial charge on any atom is 0.258 e. The summed E-state index contributed by atoms with van der Waals surface area (Å²) in [4.78, 5) is 27.1. The third kappa shape index (κ3) is 4.79. The van der Waals surface area contributed by atoms with E-state index < -0.39 is 11.7 Å². The number of aryl methyl sites for hydroxylation is 3. The van der Waals surface area contributed by atoms with E-state index in [-0.39, 0.29) is 11.5 Å². The van der Waals surface area contributed by atoms with Crippen LogP contribution in [0.4, 0.5) is 10.1 Å². The van der Waals surface area contributed by atoms with E-state index in [1.807, 2.05) is 29.8 Å². The number of carbonyl (C=O) groups excluding carboxylic acids is 2. The van der Waals surface area contributed by atoms with Crippen molar-refractivity contribution in [3.63, 3.8) is 0 Å². The summed E-state index contributed by atoms with van der Waals surface area (Å²) in [5.74, 6) is -0.541. The quantitative estimate of drug-likeness (QED) is 0.663. The molecule has 2 aromatic carbocycles. The molecule has 0 atom stereocenters. The summed E-state index contributed by atoms with van der Waals surface area (Å²) in [5, 5.41) is 10.7. The molecule has 160 valence electrons. The van der Waals surface area contributed by atoms with Gasteiger partial charge in [0.1, 0.15) is 18.0 Å². The molecule has 0 radical (unpaired) electrons. The van der Waals surface area contributed by atoms with Gasteiger partial charge in [-0.2, -0.15) is 0 Å². The average Bonchev–Trinajstić information content (AvgIpc) is 3.44. The Morgan fingerprint density at radius 1 is 1.10 bits per heavy atom. The highest BCUT2D eigenvalue weighted by atomic mass is 19.1. The van der Waals surface area contributed by atoms with Crippen molar-refractivity contribution in [1.29, 1.82) is 0 Å². The summed E-state index contributed by atoms with van der Waals surface area (Å²) in [5.41, 5.74) is 1.76. The van der Waals surface area contributed by atoms with Crippen LogP contribution in [-0.4, -0.2) is 44.6 Å². The molecular formula is C23H24FN5O2. The van der Waals surface area contributed by atoms with Crippen molar-refractivity contribution >= 4 is 17.5 Å². The first-order valence-electron chi connectivity index (χ1n) is 10.3. The van der Waals surface area contributed by atoms with Crippen LogP contribution in [0.15, 0.2) is 48.8 Å². The maximum absolute atomic E-state index is 14.4. The lowest BCUT2D eigenvalue weighted by atomic mass is 10.1. The molecule has 1 aliphatic rings. The monoisotopic (exact) mass is 421 g/mol. The van der Waals surface area contributed by atoms with Crippen molar-refractivity contribution in [2.45, 2.75) is 25.7 Å². The standard InChI is InChI=1S/C23H24FN5O2/c1-28-15-25-27-21(28)10-7-16-5-4-6-18(13-16)26-22(30)19-14-17(8-9-20(19)24)23(31)29-11-2-3-12-29/h4-6,8-9,13-15H,2-3,7,10-12H2,1H3,(H,26,30). The minimum absolute atomic E-state index is 0.144. The third-order valence-corrected chi connectivity index (χ3v) is 5.48. The second-order valence-corrected chi connectivity index (χ2v) is 7.71. The normalized spacial score (nSPS) is 13.4. The Bertz CT molecular complexity index is 1100. The van der Waals surface area contributed by atoms with E-state index in [2.05, 4.69) is 15.5 Å². The zero-order valence-electron chi connectivity index (χ0n) is 17.3. The van der Waals surface area contributed by atoms with E-state index >= 15 is 0 Å². The van der Waals surface area contributed by atoms with Crippen LogP contribution in [0.25, 0.3) is 0 Å². The SMILES string of the molecule is Cn1cnnc1CCc1cccc(NC(=O)c2cc(C(=O)N3CCCC3)ccc2F)c1. The summed E-state index contributed by atoms with van der Waals surface area (Å²) < 4.78 is 16.2. The molecule has 0 unspecified atom stereocenters. The van der Waals surface area contributed by atoms with E-state index in [0.29, 0.717) is 30.8 Å². The minimum Gasteiger partial charge on any atom is -0.339 e. The summed E-state index contributed by atoms with van der Waals surface area (Å²) >= 11 is 0. The van der Waals surface area contributed by atoms with E-state index in [0.717, 1.165) is 30.7 Å². The Kier molecular flexibility index (Phi) is 6.06. The van der Waals surface area contributed by atoms with Crippen molar-refractivity contribution in [3.05, 3.63) is 77.1 Å². The van der Waals surface area contributed by atoms with Gasteiger partial charge in [0, 0.05) is 37.8 Å². The molecule has 0 saturated carbocycles. The molecular weight excluding hydrogens is 397 g/mol. The highest BCUT2D eigenvalue weighted by Gasteiger charge is 2.22. The number of nitrogens with zero attached hydrogens (tertiary/aromatic N) is 4. The molecule has 1 aliphatic heterocycles. The summed E-state index contributed by atoms with van der Waals surface area (Å²) in [6.45, 7) is 1.39. The van der Waals surface area contributed by atoms with Crippen molar-refractivity contribution in [3.8, 4) is 0 Å². The van der Waals surface area contributed by atoms with E-state index in [9.17, 15) is 14.0 Å². The summed E-state index contributed by atoms with van der Waals surface area (Å²) in [6.07, 6.45) is 5.03. The van der Waals surface area contributed by atoms with Crippen LogP contribution in [0.2, 0.25) is 0 Å². The molecule has 1 fully saturated rings. The lowest BCUT2D eigenvalue weighted by Gasteiger charge is -2.16. The van der Waals surface area contributed by atoms with Gasteiger partial charge in [0.05, 0.1) is 5.56 Å². The third-order valence-electron chi connectivity index (χ3n) is 5.48. The summed E-state index contributed by atoms with van der Waals surface area (Å²) in [6, 6.07) is 11.3. The Morgan fingerprint density at radius 3 is 2.65 bits per heavy atom. The molecule has 1 N–H and O–H groups in total. The van der Waals surface area contributed by atoms with Crippen molar-refractivity contribution in [2.24, 2.45) is 7.05 Å². The van der Waals surface area contributed by atoms with Gasteiger partial charge in [-0.15, -0.1) is 10.2 Å². The summed E-state index contributed by atoms with van der Waals surface area (Å²) in [7, 11) is 1.89. The Hall–Kier alpha value is -3.55. The van der Waals surface area contributed by atoms with Gasteiger partial charge in [-0.1, -0.05) is 12.1 Å². The van der Waals surface area contributed by atoms with Gasteiger partial charge in [0.2, 0.25) is 0 Å². The highest BCUT2D eigenvalue weighted by molar-refractivity contribution is 6.06. The van der Waals surface area contributed by atoms with Crippen molar-refractivity contribution in [2.75, 3.05) is 18.4 Å². The number of hydrogen-bond acceptors (Lipinski definition) is 4. The van der Waals surface area contributed by atoms with Gasteiger partial charge in [-0.25, -0.2) is 4.39 Å². The fourth-order valence-electron chi connectivity index (χ4n) is 3.73. The molecule has 1 saturated heterocycles. The topological polar surface area (TPSA) is 80.1 Å². The first kappa shape index (κ1) is 20.7. The zero-order valence-corrected chi connectivity index (χ0v) is 17.3. The molecule has 31 heavy (non-hydrogen) atoms. The lowest BCUT2D eigenvalue weighted by molar-refractivity contribution is 0.0792. The largest absolute Gasteiger partial charge is 0.339 e. The molecule has 7 nitrogen and oxygen atoms in total. The molecule has 0 aliphatic carbocycles. The number of anilines is 1. The van der Waals surface area contributed by atoms with E-state index in [1.54, 1.807) is 17.3 Å². The molecule has 2 amide bonds. The predicted octanol–water partition coefficient (Wildman–Crippen LogP) is 3.23. The fourth-order valence-corrected chi connectivity index (χ4v) is 3.73. The second-order valence-electron chi connectivity index (χ2n) is 7.71. The number of amides is 2. The lowest BCUT2D eigenvalue weighted by Crippen LogP contribution is -2.28. The Labute approximate surface area is 179 Å². The van der Waals surface area contributed by atoms with Crippen LogP contribution in [0, 0.1) is 5.82 Å². The van der Waals surface area contributed by atoms with Crippen LogP contribution in [0.3, 0.4) is 0 Å². The predicted molar refractivity (Wildman–Crippen MR) is 114 cm³/mol. The van der Waals surface area contributed by atoms with Crippen LogP contribution < -0.4 is 5.32 Å². The molecule has 3 aromatic rings. The van der Waals surface area contributed by atoms with Gasteiger partial charge < -0.3 is 14.8 Å². The maximum atomic E-state index is 14.4. The number of halogens is 1. The molecule has 0 spiro atoms. The number of benzene rings is 2. The van der Waals surface area contributed by atoms with Crippen LogP contribution >= 0.6 is 0 Å². The average molecular weight is 421 g/mol. The second kappa shape index (κ2) is 9.07. The number of likely N-dealkylation sites (tertiary alicyclic amines) is 1. The van der Waals surface area contributed by atoms with Gasteiger partial charge in [0.15, 0.2) is 0 Å². The van der Waals surface area contributed by atoms with Gasteiger partial charge in [-0.05, 0) is 55.2 Å². The number of nitrogens with one attached hydrogen (secondary N) is 1. The van der Waals surface area contributed by atoms with Crippen LogP contribution in [-0.2, 0) is 19.9 Å². The Morgan fingerprint density at radius 2 is 1.90 bits per heavy atom. The highest BCUT2D eigenvalue weighted by Crippen LogP contribution is 2.19. The van der Waals surface area contributed by atoms with Crippen LogP contribution in [0.1, 0.15) is 44.9 Å². The first-order valence-corrected chi connectivity index (χ1v) is 10.3. The number of carbonyl (C=O) groups is 2. The van der Waals surface area contributed by atoms with Crippen molar-refractivity contribution < 1.29 is 14.0 Å². The smallest absolute Gasteiger partial charge is 0.258 e. The molecule has 0 bridgehead atoms. The fraction of sp³-hybridized carbons (Fsp3) is 0.304. The molecule has 1 aromatic heterocycles. The zero-order chi connectivity index (χ0) is 21.8. The van der Waals surface area contributed by atoms with E-state index in [4.69, 9.17) is 0 Å². The van der Waals surface area contributed by atoms with Crippen molar-refractivity contribution in [1.82, 2.24) is 19.7 Å². The van der Waals surface area contributed by atoms with Gasteiger partial charge in [0.25, 0.3) is 11.8 Å². The molecule has 2 heterocycles. The Balaban J connectivity index is 1.46. The molecule has 4 rings (SSSR count). The van der Waals surface area contributed by atoms with Gasteiger partial charge in [-0.3, -0.25) is 9.59 Å². The van der Waals surface area contributed by atoms with Crippen LogP contribution in [0.5, 0.6) is 0 Å². The van der Waals surface area contributed by atoms with E-state index in [1.165, 1.54) is 18.2 Å². The number of hydrogen-bond donors (Lipinski definition) is 1. The van der Waals surface area contributed by atoms with Gasteiger partial charge >= 0.3 is 0 Å². The minimum atomic E-state index is -0.658. The molecule has 8 heteroatoms.